The maximum absolute atomic E-state index is 12.9. The number of ether oxygens (including phenoxy) is 1. The summed E-state index contributed by atoms with van der Waals surface area (Å²) in [6.45, 7) is 0. The summed E-state index contributed by atoms with van der Waals surface area (Å²) >= 11 is 0. The molecule has 0 aliphatic heterocycles. The van der Waals surface area contributed by atoms with Crippen LogP contribution in [-0.2, 0) is 10.0 Å². The minimum absolute atomic E-state index is 0.121. The number of nitrogen functional groups attached to an aromatic ring is 1. The average Bonchev–Trinajstić information content (AvgIpc) is 2.86. The molecule has 0 unspecified atom stereocenters. The average molecular weight is 474 g/mol. The third-order valence-corrected chi connectivity index (χ3v) is 6.59. The minimum Gasteiger partial charge on any atom is -0.497 e. The number of sulfonamides is 1. The molecule has 1 amide bonds. The van der Waals surface area contributed by atoms with Crippen molar-refractivity contribution >= 4 is 33.0 Å². The van der Waals surface area contributed by atoms with E-state index < -0.39 is 10.0 Å². The van der Waals surface area contributed by atoms with E-state index in [-0.39, 0.29) is 10.8 Å². The molecular weight excluding hydrogens is 450 g/mol. The second-order valence-corrected chi connectivity index (χ2v) is 9.13. The van der Waals surface area contributed by atoms with Crippen LogP contribution in [0.15, 0.2) is 102 Å². The van der Waals surface area contributed by atoms with Gasteiger partial charge in [-0.2, -0.15) is 0 Å². The monoisotopic (exact) mass is 473 g/mol. The Kier molecular flexibility index (Phi) is 6.51. The number of amides is 1. The van der Waals surface area contributed by atoms with E-state index in [1.807, 2.05) is 12.1 Å². The summed E-state index contributed by atoms with van der Waals surface area (Å²) in [6.07, 6.45) is 0. The first-order valence-electron chi connectivity index (χ1n) is 10.4. The molecule has 8 heteroatoms. The molecule has 34 heavy (non-hydrogen) atoms. The Morgan fingerprint density at radius 3 is 2.06 bits per heavy atom. The summed E-state index contributed by atoms with van der Waals surface area (Å²) in [4.78, 5) is 12.7. The van der Waals surface area contributed by atoms with Crippen LogP contribution in [0.4, 0.5) is 17.1 Å². The number of nitrogens with one attached hydrogen (secondary N) is 2. The van der Waals surface area contributed by atoms with Crippen LogP contribution in [0, 0.1) is 0 Å². The van der Waals surface area contributed by atoms with Gasteiger partial charge in [-0.15, -0.1) is 0 Å². The highest BCUT2D eigenvalue weighted by Crippen LogP contribution is 2.30. The molecule has 0 heterocycles. The minimum atomic E-state index is -3.81. The van der Waals surface area contributed by atoms with Crippen molar-refractivity contribution in [1.82, 2.24) is 0 Å². The molecule has 7 nitrogen and oxygen atoms in total. The van der Waals surface area contributed by atoms with Crippen LogP contribution in [0.1, 0.15) is 10.4 Å². The Bertz CT molecular complexity index is 1420. The van der Waals surface area contributed by atoms with Crippen molar-refractivity contribution in [3.05, 3.63) is 103 Å². The Labute approximate surface area is 198 Å². The summed E-state index contributed by atoms with van der Waals surface area (Å²) in [5.41, 5.74) is 9.21. The maximum Gasteiger partial charge on any atom is 0.261 e. The van der Waals surface area contributed by atoms with Crippen LogP contribution < -0.4 is 20.5 Å². The van der Waals surface area contributed by atoms with Crippen LogP contribution >= 0.6 is 0 Å². The highest BCUT2D eigenvalue weighted by Gasteiger charge is 2.17. The summed E-state index contributed by atoms with van der Waals surface area (Å²) in [7, 11) is -2.29. The third kappa shape index (κ3) is 5.02. The van der Waals surface area contributed by atoms with E-state index in [2.05, 4.69) is 10.0 Å². The van der Waals surface area contributed by atoms with E-state index in [1.165, 1.54) is 19.2 Å². The van der Waals surface area contributed by atoms with E-state index in [0.29, 0.717) is 33.9 Å². The molecule has 4 aromatic carbocycles. The maximum atomic E-state index is 12.9. The number of para-hydroxylation sites is 3. The van der Waals surface area contributed by atoms with Crippen molar-refractivity contribution in [1.29, 1.82) is 0 Å². The first kappa shape index (κ1) is 22.9. The molecule has 0 radical (unpaired) electrons. The number of carbonyl (C=O) groups is 1. The molecule has 0 atom stereocenters. The van der Waals surface area contributed by atoms with Crippen molar-refractivity contribution in [2.75, 3.05) is 22.9 Å². The van der Waals surface area contributed by atoms with Gasteiger partial charge in [0.2, 0.25) is 0 Å². The molecule has 172 valence electrons. The van der Waals surface area contributed by atoms with Crippen molar-refractivity contribution in [2.24, 2.45) is 0 Å². The van der Waals surface area contributed by atoms with Gasteiger partial charge in [0.05, 0.1) is 29.1 Å². The molecule has 0 saturated heterocycles. The van der Waals surface area contributed by atoms with Gasteiger partial charge >= 0.3 is 0 Å². The lowest BCUT2D eigenvalue weighted by atomic mass is 10.0. The van der Waals surface area contributed by atoms with Crippen molar-refractivity contribution in [2.45, 2.75) is 4.90 Å². The van der Waals surface area contributed by atoms with E-state index in [9.17, 15) is 13.2 Å². The van der Waals surface area contributed by atoms with Gasteiger partial charge in [-0.25, -0.2) is 8.42 Å². The second kappa shape index (κ2) is 9.68. The second-order valence-electron chi connectivity index (χ2n) is 7.45. The highest BCUT2D eigenvalue weighted by molar-refractivity contribution is 7.92. The number of nitrogens with two attached hydrogens (primary N) is 1. The molecule has 4 N–H and O–H groups in total. The zero-order valence-electron chi connectivity index (χ0n) is 18.4. The van der Waals surface area contributed by atoms with Crippen molar-refractivity contribution in [3.8, 4) is 16.9 Å². The lowest BCUT2D eigenvalue weighted by Gasteiger charge is -2.14. The Hall–Kier alpha value is -4.30. The van der Waals surface area contributed by atoms with Gasteiger partial charge in [-0.1, -0.05) is 42.5 Å². The van der Waals surface area contributed by atoms with Crippen LogP contribution in [0.2, 0.25) is 0 Å². The van der Waals surface area contributed by atoms with Crippen molar-refractivity contribution in [3.63, 3.8) is 0 Å². The molecule has 0 spiro atoms. The van der Waals surface area contributed by atoms with Gasteiger partial charge in [0.15, 0.2) is 0 Å². The smallest absolute Gasteiger partial charge is 0.261 e. The fourth-order valence-electron chi connectivity index (χ4n) is 3.39. The summed E-state index contributed by atoms with van der Waals surface area (Å²) in [6, 6.07) is 27.1. The molecule has 4 aromatic rings. The number of anilines is 3. The first-order chi connectivity index (χ1) is 16.4. The predicted molar refractivity (Wildman–Crippen MR) is 134 cm³/mol. The molecule has 0 aliphatic rings. The molecular formula is C26H23N3O4S. The number of benzene rings is 4. The lowest BCUT2D eigenvalue weighted by Crippen LogP contribution is -2.14. The molecule has 0 bridgehead atoms. The van der Waals surface area contributed by atoms with Crippen LogP contribution in [0.25, 0.3) is 11.1 Å². The third-order valence-electron chi connectivity index (χ3n) is 5.21. The van der Waals surface area contributed by atoms with Gasteiger partial charge < -0.3 is 15.8 Å². The molecule has 4 rings (SSSR count). The predicted octanol–water partition coefficient (Wildman–Crippen LogP) is 5.00. The quantitative estimate of drug-likeness (QED) is 0.327. The molecule has 0 saturated carbocycles. The fraction of sp³-hybridized carbons (Fsp3) is 0.0385. The zero-order valence-corrected chi connectivity index (χ0v) is 19.2. The van der Waals surface area contributed by atoms with Gasteiger partial charge in [0.25, 0.3) is 15.9 Å². The SMILES string of the molecule is COc1ccc(S(=O)(=O)Nc2ccccc2-c2ccc(C(=O)Nc3ccccc3N)cc2)cc1. The van der Waals surface area contributed by atoms with E-state index >= 15 is 0 Å². The number of methoxy groups -OCH3 is 1. The summed E-state index contributed by atoms with van der Waals surface area (Å²) in [5, 5.41) is 2.79. The van der Waals surface area contributed by atoms with Gasteiger partial charge in [-0.3, -0.25) is 9.52 Å². The largest absolute Gasteiger partial charge is 0.497 e. The van der Waals surface area contributed by atoms with Crippen LogP contribution in [0.5, 0.6) is 5.75 Å². The Balaban J connectivity index is 1.56. The van der Waals surface area contributed by atoms with Gasteiger partial charge in [0, 0.05) is 11.1 Å². The van der Waals surface area contributed by atoms with Crippen LogP contribution in [0.3, 0.4) is 0 Å². The highest BCUT2D eigenvalue weighted by atomic mass is 32.2. The number of carbonyl (C=O) groups excluding carboxylic acids is 1. The fourth-order valence-corrected chi connectivity index (χ4v) is 4.47. The number of rotatable bonds is 7. The van der Waals surface area contributed by atoms with E-state index in [1.54, 1.807) is 72.8 Å². The first-order valence-corrected chi connectivity index (χ1v) is 11.9. The normalized spacial score (nSPS) is 11.0. The molecule has 0 aromatic heterocycles. The topological polar surface area (TPSA) is 111 Å². The zero-order chi connectivity index (χ0) is 24.1. The van der Waals surface area contributed by atoms with Gasteiger partial charge in [0.1, 0.15) is 5.75 Å². The van der Waals surface area contributed by atoms with Crippen molar-refractivity contribution < 1.29 is 17.9 Å². The standard InChI is InChI=1S/C26H23N3O4S/c1-33-20-14-16-21(17-15-20)34(31,32)29-24-8-4-2-6-22(24)18-10-12-19(13-11-18)26(30)28-25-9-5-3-7-23(25)27/h2-17,29H,27H2,1H3,(H,28,30). The Morgan fingerprint density at radius 1 is 0.794 bits per heavy atom. The number of hydrogen-bond acceptors (Lipinski definition) is 5. The summed E-state index contributed by atoms with van der Waals surface area (Å²) < 4.78 is 33.6. The number of hydrogen-bond donors (Lipinski definition) is 3. The summed E-state index contributed by atoms with van der Waals surface area (Å²) in [5.74, 6) is 0.274. The molecule has 0 aliphatic carbocycles. The molecule has 0 fully saturated rings. The van der Waals surface area contributed by atoms with E-state index in [0.717, 1.165) is 5.56 Å². The van der Waals surface area contributed by atoms with E-state index in [4.69, 9.17) is 10.5 Å². The lowest BCUT2D eigenvalue weighted by molar-refractivity contribution is 0.102. The van der Waals surface area contributed by atoms with Crippen LogP contribution in [-0.4, -0.2) is 21.4 Å². The van der Waals surface area contributed by atoms with Gasteiger partial charge in [-0.05, 0) is 60.2 Å². The Morgan fingerprint density at radius 2 is 1.41 bits per heavy atom.